The van der Waals surface area contributed by atoms with E-state index in [1.807, 2.05) is 0 Å². The van der Waals surface area contributed by atoms with Gasteiger partial charge in [0.15, 0.2) is 5.76 Å². The lowest BCUT2D eigenvalue weighted by Gasteiger charge is -2.06. The number of nitrogens with zero attached hydrogens (tertiary/aromatic N) is 1. The van der Waals surface area contributed by atoms with E-state index >= 15 is 0 Å². The molecule has 2 aromatic rings. The minimum atomic E-state index is -4.34. The van der Waals surface area contributed by atoms with Crippen LogP contribution in [-0.4, -0.2) is 20.0 Å². The van der Waals surface area contributed by atoms with Crippen molar-refractivity contribution in [2.45, 2.75) is 20.3 Å². The first-order valence-electron chi connectivity index (χ1n) is 5.55. The molecule has 18 heavy (non-hydrogen) atoms. The highest BCUT2D eigenvalue weighted by molar-refractivity contribution is 7.60. The van der Waals surface area contributed by atoms with E-state index in [2.05, 4.69) is 24.0 Å². The molecule has 0 aliphatic heterocycles. The molecular formula is C11H15N2O4P. The Balaban J connectivity index is 2.47. The smallest absolute Gasteiger partial charge is 0.360 e. The Morgan fingerprint density at radius 2 is 2.22 bits per heavy atom. The Labute approximate surface area is 104 Å². The van der Waals surface area contributed by atoms with Crippen molar-refractivity contribution in [2.24, 2.45) is 5.92 Å². The second kappa shape index (κ2) is 4.72. The summed E-state index contributed by atoms with van der Waals surface area (Å²) in [6.07, 6.45) is 3.68. The van der Waals surface area contributed by atoms with Gasteiger partial charge in [0.1, 0.15) is 11.0 Å². The van der Waals surface area contributed by atoms with Crippen molar-refractivity contribution in [3.8, 4) is 11.5 Å². The lowest BCUT2D eigenvalue weighted by Crippen LogP contribution is -2.05. The Morgan fingerprint density at radius 3 is 2.83 bits per heavy atom. The molecule has 0 atom stereocenters. The normalized spacial score (nSPS) is 12.3. The summed E-state index contributed by atoms with van der Waals surface area (Å²) >= 11 is 0. The van der Waals surface area contributed by atoms with E-state index in [1.54, 1.807) is 6.20 Å². The summed E-state index contributed by atoms with van der Waals surface area (Å²) in [6.45, 7) is 4.12. The maximum atomic E-state index is 11.3. The first kappa shape index (κ1) is 13.1. The minimum absolute atomic E-state index is 0.114. The average Bonchev–Trinajstić information content (AvgIpc) is 2.81. The molecule has 2 heterocycles. The van der Waals surface area contributed by atoms with Crippen molar-refractivity contribution >= 4 is 12.9 Å². The fourth-order valence-electron chi connectivity index (χ4n) is 1.82. The van der Waals surface area contributed by atoms with Crippen LogP contribution in [0, 0.1) is 5.92 Å². The Bertz CT molecular complexity index is 581. The SMILES string of the molecule is CC(C)Cc1cn[nH]c1-c1occc1P(=O)(O)O. The summed E-state index contributed by atoms with van der Waals surface area (Å²) in [5, 5.41) is 6.54. The maximum Gasteiger partial charge on any atom is 0.360 e. The number of H-pyrrole nitrogens is 1. The van der Waals surface area contributed by atoms with Crippen LogP contribution >= 0.6 is 7.60 Å². The van der Waals surface area contributed by atoms with Crippen molar-refractivity contribution in [2.75, 3.05) is 0 Å². The lowest BCUT2D eigenvalue weighted by atomic mass is 10.0. The van der Waals surface area contributed by atoms with Gasteiger partial charge in [0.2, 0.25) is 0 Å². The predicted octanol–water partition coefficient (Wildman–Crippen LogP) is 1.67. The summed E-state index contributed by atoms with van der Waals surface area (Å²) in [6, 6.07) is 1.29. The number of hydrogen-bond acceptors (Lipinski definition) is 3. The molecule has 0 fully saturated rings. The van der Waals surface area contributed by atoms with Crippen LogP contribution in [-0.2, 0) is 11.0 Å². The van der Waals surface area contributed by atoms with E-state index < -0.39 is 7.60 Å². The molecule has 2 rings (SSSR count). The van der Waals surface area contributed by atoms with Crippen LogP contribution in [0.2, 0.25) is 0 Å². The number of furan rings is 1. The molecule has 0 aromatic carbocycles. The summed E-state index contributed by atoms with van der Waals surface area (Å²) in [7, 11) is -4.34. The van der Waals surface area contributed by atoms with Gasteiger partial charge in [-0.05, 0) is 18.4 Å². The Hall–Kier alpha value is -1.36. The van der Waals surface area contributed by atoms with E-state index in [9.17, 15) is 14.4 Å². The van der Waals surface area contributed by atoms with E-state index in [-0.39, 0.29) is 11.1 Å². The molecule has 0 saturated carbocycles. The van der Waals surface area contributed by atoms with Crippen molar-refractivity contribution in [3.63, 3.8) is 0 Å². The lowest BCUT2D eigenvalue weighted by molar-refractivity contribution is 0.387. The van der Waals surface area contributed by atoms with Crippen molar-refractivity contribution < 1.29 is 18.8 Å². The van der Waals surface area contributed by atoms with Crippen LogP contribution in [0.1, 0.15) is 19.4 Å². The van der Waals surface area contributed by atoms with E-state index in [4.69, 9.17) is 4.42 Å². The number of aromatic nitrogens is 2. The molecule has 0 aliphatic rings. The highest BCUT2D eigenvalue weighted by Gasteiger charge is 2.27. The minimum Gasteiger partial charge on any atom is -0.462 e. The summed E-state index contributed by atoms with van der Waals surface area (Å²) in [4.78, 5) is 18.5. The Morgan fingerprint density at radius 1 is 1.50 bits per heavy atom. The average molecular weight is 270 g/mol. The van der Waals surface area contributed by atoms with Gasteiger partial charge in [-0.2, -0.15) is 5.10 Å². The second-order valence-corrected chi connectivity index (χ2v) is 6.12. The van der Waals surface area contributed by atoms with Gasteiger partial charge in [-0.15, -0.1) is 0 Å². The highest BCUT2D eigenvalue weighted by Crippen LogP contribution is 2.38. The fraction of sp³-hybridized carbons (Fsp3) is 0.364. The molecule has 3 N–H and O–H groups in total. The van der Waals surface area contributed by atoms with Gasteiger partial charge in [0.25, 0.3) is 0 Å². The van der Waals surface area contributed by atoms with Gasteiger partial charge in [-0.1, -0.05) is 13.8 Å². The zero-order valence-electron chi connectivity index (χ0n) is 10.1. The third kappa shape index (κ3) is 2.56. The van der Waals surface area contributed by atoms with Crippen molar-refractivity contribution in [1.82, 2.24) is 10.2 Å². The number of nitrogens with one attached hydrogen (secondary N) is 1. The zero-order chi connectivity index (χ0) is 13.3. The van der Waals surface area contributed by atoms with E-state index in [1.165, 1.54) is 12.3 Å². The molecule has 0 bridgehead atoms. The van der Waals surface area contributed by atoms with E-state index in [0.717, 1.165) is 12.0 Å². The quantitative estimate of drug-likeness (QED) is 0.734. The fourth-order valence-corrected chi connectivity index (χ4v) is 2.51. The molecule has 0 radical (unpaired) electrons. The first-order chi connectivity index (χ1) is 8.39. The first-order valence-corrected chi connectivity index (χ1v) is 7.17. The molecule has 98 valence electrons. The second-order valence-electron chi connectivity index (χ2n) is 4.55. The van der Waals surface area contributed by atoms with Crippen molar-refractivity contribution in [1.29, 1.82) is 0 Å². The molecule has 2 aromatic heterocycles. The Kier molecular flexibility index (Phi) is 3.43. The van der Waals surface area contributed by atoms with Crippen LogP contribution in [0.3, 0.4) is 0 Å². The van der Waals surface area contributed by atoms with Gasteiger partial charge >= 0.3 is 7.60 Å². The molecule has 0 unspecified atom stereocenters. The molecule has 0 aliphatic carbocycles. The van der Waals surface area contributed by atoms with Gasteiger partial charge in [0.05, 0.1) is 12.5 Å². The summed E-state index contributed by atoms with van der Waals surface area (Å²) in [5.41, 5.74) is 1.42. The van der Waals surface area contributed by atoms with Crippen LogP contribution in [0.5, 0.6) is 0 Å². The van der Waals surface area contributed by atoms with Crippen LogP contribution in [0.4, 0.5) is 0 Å². The zero-order valence-corrected chi connectivity index (χ0v) is 11.0. The molecule has 0 spiro atoms. The standard InChI is InChI=1S/C11H15N2O4P/c1-7(2)5-8-6-12-13-10(8)11-9(3-4-17-11)18(14,15)16/h3-4,6-7H,5H2,1-2H3,(H,12,13)(H2,14,15,16). The molecule has 0 saturated heterocycles. The van der Waals surface area contributed by atoms with Gasteiger partial charge < -0.3 is 14.2 Å². The number of aromatic amines is 1. The summed E-state index contributed by atoms with van der Waals surface area (Å²) < 4.78 is 16.5. The van der Waals surface area contributed by atoms with Gasteiger partial charge in [-0.3, -0.25) is 9.66 Å². The topological polar surface area (TPSA) is 99.4 Å². The monoisotopic (exact) mass is 270 g/mol. The number of rotatable bonds is 4. The van der Waals surface area contributed by atoms with Crippen LogP contribution < -0.4 is 5.30 Å². The molecule has 7 heteroatoms. The third-order valence-electron chi connectivity index (χ3n) is 2.53. The summed E-state index contributed by atoms with van der Waals surface area (Å²) in [5.74, 6) is 0.575. The van der Waals surface area contributed by atoms with Crippen molar-refractivity contribution in [3.05, 3.63) is 24.1 Å². The molecule has 6 nitrogen and oxygen atoms in total. The largest absolute Gasteiger partial charge is 0.462 e. The van der Waals surface area contributed by atoms with Crippen LogP contribution in [0.25, 0.3) is 11.5 Å². The van der Waals surface area contributed by atoms with Crippen LogP contribution in [0.15, 0.2) is 22.9 Å². The van der Waals surface area contributed by atoms with E-state index in [0.29, 0.717) is 11.6 Å². The third-order valence-corrected chi connectivity index (χ3v) is 3.51. The molecular weight excluding hydrogens is 255 g/mol. The highest BCUT2D eigenvalue weighted by atomic mass is 31.2. The maximum absolute atomic E-state index is 11.3. The number of hydrogen-bond donors (Lipinski definition) is 3. The van der Waals surface area contributed by atoms with Gasteiger partial charge in [-0.25, -0.2) is 0 Å². The van der Waals surface area contributed by atoms with Gasteiger partial charge in [0, 0.05) is 5.56 Å². The molecule has 0 amide bonds. The predicted molar refractivity (Wildman–Crippen MR) is 66.5 cm³/mol.